The first-order chi connectivity index (χ1) is 13.3. The highest BCUT2D eigenvalue weighted by Gasteiger charge is 2.19. The van der Waals surface area contributed by atoms with Gasteiger partial charge in [0.25, 0.3) is 5.91 Å². The van der Waals surface area contributed by atoms with Gasteiger partial charge in [-0.25, -0.2) is 4.39 Å². The Morgan fingerprint density at radius 3 is 2.25 bits per heavy atom. The van der Waals surface area contributed by atoms with E-state index in [2.05, 4.69) is 10.6 Å². The maximum atomic E-state index is 12.9. The van der Waals surface area contributed by atoms with Crippen molar-refractivity contribution >= 4 is 23.5 Å². The van der Waals surface area contributed by atoms with Gasteiger partial charge in [0, 0.05) is 5.69 Å². The normalized spacial score (nSPS) is 11.4. The monoisotopic (exact) mass is 386 g/mol. The fraction of sp³-hybridized carbons (Fsp3) is 0.286. The highest BCUT2D eigenvalue weighted by molar-refractivity contribution is 5.96. The van der Waals surface area contributed by atoms with E-state index in [4.69, 9.17) is 4.74 Å². The maximum absolute atomic E-state index is 12.9. The number of amides is 2. The second-order valence-electron chi connectivity index (χ2n) is 6.47. The molecule has 2 aromatic rings. The number of nitrogens with one attached hydrogen (secondary N) is 2. The SMILES string of the molecule is Cc1cccc(C)c1NC(=O)CNC(=O)C(C)OC(=O)Cc1ccc(F)cc1. The highest BCUT2D eigenvalue weighted by Crippen LogP contribution is 2.19. The highest BCUT2D eigenvalue weighted by atomic mass is 19.1. The minimum Gasteiger partial charge on any atom is -0.452 e. The van der Waals surface area contributed by atoms with Crippen molar-refractivity contribution in [1.82, 2.24) is 5.32 Å². The van der Waals surface area contributed by atoms with E-state index in [1.54, 1.807) is 0 Å². The Morgan fingerprint density at radius 2 is 1.64 bits per heavy atom. The van der Waals surface area contributed by atoms with Crippen LogP contribution in [-0.2, 0) is 25.5 Å². The van der Waals surface area contributed by atoms with Gasteiger partial charge in [0.1, 0.15) is 5.82 Å². The molecule has 0 aliphatic heterocycles. The van der Waals surface area contributed by atoms with Gasteiger partial charge >= 0.3 is 5.97 Å². The topological polar surface area (TPSA) is 84.5 Å². The second-order valence-corrected chi connectivity index (χ2v) is 6.47. The Morgan fingerprint density at radius 1 is 1.04 bits per heavy atom. The minimum absolute atomic E-state index is 0.0784. The molecule has 0 heterocycles. The Hall–Kier alpha value is -3.22. The largest absolute Gasteiger partial charge is 0.452 e. The van der Waals surface area contributed by atoms with E-state index in [1.807, 2.05) is 32.0 Å². The first-order valence-corrected chi connectivity index (χ1v) is 8.84. The number of carbonyl (C=O) groups excluding carboxylic acids is 3. The predicted octanol–water partition coefficient (Wildman–Crippen LogP) is 2.67. The van der Waals surface area contributed by atoms with Crippen LogP contribution in [0.3, 0.4) is 0 Å². The number of anilines is 1. The molecule has 2 rings (SSSR count). The summed E-state index contributed by atoms with van der Waals surface area (Å²) >= 11 is 0. The number of halogens is 1. The predicted molar refractivity (Wildman–Crippen MR) is 103 cm³/mol. The summed E-state index contributed by atoms with van der Waals surface area (Å²) in [6.45, 7) is 4.93. The van der Waals surface area contributed by atoms with Crippen LogP contribution < -0.4 is 10.6 Å². The van der Waals surface area contributed by atoms with Crippen molar-refractivity contribution in [1.29, 1.82) is 0 Å². The van der Waals surface area contributed by atoms with Crippen LogP contribution in [-0.4, -0.2) is 30.4 Å². The molecule has 0 spiro atoms. The number of aryl methyl sites for hydroxylation is 2. The van der Waals surface area contributed by atoms with Gasteiger partial charge in [-0.1, -0.05) is 30.3 Å². The molecule has 1 unspecified atom stereocenters. The molecule has 0 aliphatic rings. The number of rotatable bonds is 7. The summed E-state index contributed by atoms with van der Waals surface area (Å²) in [5, 5.41) is 5.20. The maximum Gasteiger partial charge on any atom is 0.311 e. The molecule has 2 aromatic carbocycles. The van der Waals surface area contributed by atoms with E-state index >= 15 is 0 Å². The van der Waals surface area contributed by atoms with E-state index in [0.717, 1.165) is 11.1 Å². The van der Waals surface area contributed by atoms with Crippen molar-refractivity contribution in [3.8, 4) is 0 Å². The van der Waals surface area contributed by atoms with Crippen LogP contribution in [0.25, 0.3) is 0 Å². The molecule has 0 saturated carbocycles. The fourth-order valence-corrected chi connectivity index (χ4v) is 2.57. The van der Waals surface area contributed by atoms with Gasteiger partial charge in [0.05, 0.1) is 13.0 Å². The number of ether oxygens (including phenoxy) is 1. The number of esters is 1. The number of carbonyl (C=O) groups is 3. The van der Waals surface area contributed by atoms with Crippen molar-refractivity contribution in [2.75, 3.05) is 11.9 Å². The van der Waals surface area contributed by atoms with Gasteiger partial charge in [0.15, 0.2) is 6.10 Å². The average Bonchev–Trinajstić information content (AvgIpc) is 2.64. The van der Waals surface area contributed by atoms with E-state index in [9.17, 15) is 18.8 Å². The summed E-state index contributed by atoms with van der Waals surface area (Å²) in [4.78, 5) is 36.0. The summed E-state index contributed by atoms with van der Waals surface area (Å²) in [6, 6.07) is 11.1. The van der Waals surface area contributed by atoms with Crippen LogP contribution >= 0.6 is 0 Å². The van der Waals surface area contributed by atoms with Crippen LogP contribution in [0, 0.1) is 19.7 Å². The smallest absolute Gasteiger partial charge is 0.311 e. The van der Waals surface area contributed by atoms with E-state index in [0.29, 0.717) is 11.3 Å². The van der Waals surface area contributed by atoms with E-state index < -0.39 is 23.8 Å². The second kappa shape index (κ2) is 9.64. The molecule has 2 amide bonds. The molecule has 28 heavy (non-hydrogen) atoms. The molecule has 0 radical (unpaired) electrons. The van der Waals surface area contributed by atoms with E-state index in [1.165, 1.54) is 31.2 Å². The molecule has 2 N–H and O–H groups in total. The summed E-state index contributed by atoms with van der Waals surface area (Å²) in [7, 11) is 0. The molecule has 0 bridgehead atoms. The lowest BCUT2D eigenvalue weighted by atomic mass is 10.1. The number of benzene rings is 2. The third-order valence-electron chi connectivity index (χ3n) is 4.11. The third kappa shape index (κ3) is 6.19. The molecule has 0 fully saturated rings. The Labute approximate surface area is 163 Å². The first-order valence-electron chi connectivity index (χ1n) is 8.84. The molecule has 7 heteroatoms. The van der Waals surface area contributed by atoms with Crippen LogP contribution in [0.15, 0.2) is 42.5 Å². The summed E-state index contributed by atoms with van der Waals surface area (Å²) in [5.41, 5.74) is 3.12. The molecule has 0 aliphatic carbocycles. The van der Waals surface area contributed by atoms with E-state index in [-0.39, 0.29) is 18.9 Å². The minimum atomic E-state index is -1.05. The zero-order valence-electron chi connectivity index (χ0n) is 16.0. The summed E-state index contributed by atoms with van der Waals surface area (Å²) in [5.74, 6) is -1.97. The van der Waals surface area contributed by atoms with Crippen molar-refractivity contribution in [2.24, 2.45) is 0 Å². The number of para-hydroxylation sites is 1. The van der Waals surface area contributed by atoms with Crippen molar-refractivity contribution in [2.45, 2.75) is 33.3 Å². The molecule has 148 valence electrons. The zero-order chi connectivity index (χ0) is 20.7. The quantitative estimate of drug-likeness (QED) is 0.717. The van der Waals surface area contributed by atoms with Crippen LogP contribution in [0.1, 0.15) is 23.6 Å². The van der Waals surface area contributed by atoms with Gasteiger partial charge < -0.3 is 15.4 Å². The first kappa shape index (κ1) is 21.1. The summed E-state index contributed by atoms with van der Waals surface area (Å²) < 4.78 is 17.9. The molecule has 6 nitrogen and oxygen atoms in total. The number of hydrogen-bond acceptors (Lipinski definition) is 4. The lowest BCUT2D eigenvalue weighted by molar-refractivity contribution is -0.154. The van der Waals surface area contributed by atoms with Gasteiger partial charge in [-0.15, -0.1) is 0 Å². The standard InChI is InChI=1S/C21H23FN2O4/c1-13-5-4-6-14(2)20(13)24-18(25)12-23-21(27)15(3)28-19(26)11-16-7-9-17(22)10-8-16/h4-10,15H,11-12H2,1-3H3,(H,23,27)(H,24,25). The fourth-order valence-electron chi connectivity index (χ4n) is 2.57. The van der Waals surface area contributed by atoms with Crippen LogP contribution in [0.4, 0.5) is 10.1 Å². The molecule has 1 atom stereocenters. The van der Waals surface area contributed by atoms with Gasteiger partial charge in [-0.2, -0.15) is 0 Å². The van der Waals surface area contributed by atoms with Gasteiger partial charge in [0.2, 0.25) is 5.91 Å². The number of hydrogen-bond donors (Lipinski definition) is 2. The van der Waals surface area contributed by atoms with Crippen molar-refractivity contribution in [3.63, 3.8) is 0 Å². The molecular formula is C21H23FN2O4. The lowest BCUT2D eigenvalue weighted by Gasteiger charge is -2.15. The van der Waals surface area contributed by atoms with Crippen LogP contribution in [0.5, 0.6) is 0 Å². The third-order valence-corrected chi connectivity index (χ3v) is 4.11. The molecular weight excluding hydrogens is 363 g/mol. The average molecular weight is 386 g/mol. The Balaban J connectivity index is 1.79. The summed E-state index contributed by atoms with van der Waals surface area (Å²) in [6.07, 6.45) is -1.13. The molecule has 0 aromatic heterocycles. The van der Waals surface area contributed by atoms with Gasteiger partial charge in [-0.05, 0) is 49.6 Å². The van der Waals surface area contributed by atoms with Crippen molar-refractivity contribution < 1.29 is 23.5 Å². The Kier molecular flexibility index (Phi) is 7.26. The van der Waals surface area contributed by atoms with Crippen LogP contribution in [0.2, 0.25) is 0 Å². The molecule has 0 saturated heterocycles. The van der Waals surface area contributed by atoms with Gasteiger partial charge in [-0.3, -0.25) is 14.4 Å². The van der Waals surface area contributed by atoms with Crippen molar-refractivity contribution in [3.05, 3.63) is 65.0 Å². The Bertz CT molecular complexity index is 845. The lowest BCUT2D eigenvalue weighted by Crippen LogP contribution is -2.40. The zero-order valence-corrected chi connectivity index (χ0v) is 16.0.